The highest BCUT2D eigenvalue weighted by atomic mass is 32.2. The average molecular weight is 477 g/mol. The third kappa shape index (κ3) is 5.44. The number of sulfonamides is 1. The first-order chi connectivity index (χ1) is 15.5. The summed E-state index contributed by atoms with van der Waals surface area (Å²) in [5, 5.41) is 6.62. The molecule has 33 heavy (non-hydrogen) atoms. The van der Waals surface area contributed by atoms with Gasteiger partial charge in [-0.2, -0.15) is 4.31 Å². The van der Waals surface area contributed by atoms with Crippen LogP contribution < -0.4 is 5.32 Å². The zero-order valence-corrected chi connectivity index (χ0v) is 20.6. The summed E-state index contributed by atoms with van der Waals surface area (Å²) in [7, 11) is -3.78. The molecule has 0 bridgehead atoms. The van der Waals surface area contributed by atoms with E-state index in [2.05, 4.69) is 10.5 Å². The number of carbonyl (C=O) groups is 2. The van der Waals surface area contributed by atoms with E-state index in [-0.39, 0.29) is 48.0 Å². The molecule has 9 nitrogen and oxygen atoms in total. The molecule has 10 heteroatoms. The van der Waals surface area contributed by atoms with E-state index < -0.39 is 16.1 Å². The van der Waals surface area contributed by atoms with Crippen molar-refractivity contribution in [1.29, 1.82) is 0 Å². The molecule has 0 radical (unpaired) electrons. The number of amides is 2. The number of benzene rings is 1. The van der Waals surface area contributed by atoms with Gasteiger partial charge in [0.1, 0.15) is 16.6 Å². The average Bonchev–Trinajstić information content (AvgIpc) is 2.95. The first-order valence-electron chi connectivity index (χ1n) is 11.1. The van der Waals surface area contributed by atoms with Gasteiger partial charge in [-0.1, -0.05) is 36.7 Å². The van der Waals surface area contributed by atoms with Gasteiger partial charge in [-0.15, -0.1) is 0 Å². The molecule has 1 atom stereocenters. The molecule has 180 valence electrons. The first-order valence-corrected chi connectivity index (χ1v) is 12.6. The lowest BCUT2D eigenvalue weighted by molar-refractivity contribution is -0.134. The van der Waals surface area contributed by atoms with Crippen LogP contribution in [-0.4, -0.2) is 66.8 Å². The van der Waals surface area contributed by atoms with E-state index in [1.807, 2.05) is 32.9 Å². The maximum Gasteiger partial charge on any atom is 0.251 e. The summed E-state index contributed by atoms with van der Waals surface area (Å²) in [5.41, 5.74) is 1.86. The van der Waals surface area contributed by atoms with Crippen molar-refractivity contribution >= 4 is 21.8 Å². The number of nitrogens with zero attached hydrogens (tertiary/aromatic N) is 3. The molecule has 3 rings (SSSR count). The van der Waals surface area contributed by atoms with Crippen LogP contribution in [0.25, 0.3) is 0 Å². The number of hydrogen-bond acceptors (Lipinski definition) is 6. The van der Waals surface area contributed by atoms with Crippen LogP contribution in [0.3, 0.4) is 0 Å². The Hall–Kier alpha value is -2.72. The summed E-state index contributed by atoms with van der Waals surface area (Å²) in [5.74, 6) is -0.387. The second-order valence-electron chi connectivity index (χ2n) is 8.80. The molecule has 0 spiro atoms. The summed E-state index contributed by atoms with van der Waals surface area (Å²) in [4.78, 5) is 27.8. The number of hydrogen-bond donors (Lipinski definition) is 1. The third-order valence-corrected chi connectivity index (χ3v) is 8.01. The monoisotopic (exact) mass is 476 g/mol. The fraction of sp³-hybridized carbons (Fsp3) is 0.522. The highest BCUT2D eigenvalue weighted by Gasteiger charge is 2.35. The van der Waals surface area contributed by atoms with Gasteiger partial charge in [0.05, 0.1) is 0 Å². The Morgan fingerprint density at radius 1 is 1.03 bits per heavy atom. The summed E-state index contributed by atoms with van der Waals surface area (Å²) >= 11 is 0. The summed E-state index contributed by atoms with van der Waals surface area (Å²) in [6.45, 7) is 9.98. The Kier molecular flexibility index (Phi) is 7.58. The van der Waals surface area contributed by atoms with E-state index in [1.165, 1.54) is 4.31 Å². The molecule has 1 aromatic carbocycles. The number of rotatable bonds is 6. The van der Waals surface area contributed by atoms with Gasteiger partial charge in [0, 0.05) is 31.7 Å². The van der Waals surface area contributed by atoms with Crippen LogP contribution in [0.1, 0.15) is 47.6 Å². The zero-order chi connectivity index (χ0) is 24.3. The number of aromatic nitrogens is 1. The lowest BCUT2D eigenvalue weighted by Crippen LogP contribution is -2.52. The number of aryl methyl sites for hydroxylation is 3. The molecule has 2 heterocycles. The van der Waals surface area contributed by atoms with Crippen LogP contribution >= 0.6 is 0 Å². The lowest BCUT2D eigenvalue weighted by atomic mass is 10.0. The molecule has 0 saturated carbocycles. The molecule has 1 aromatic heterocycles. The highest BCUT2D eigenvalue weighted by Crippen LogP contribution is 2.24. The second-order valence-corrected chi connectivity index (χ2v) is 10.7. The summed E-state index contributed by atoms with van der Waals surface area (Å²) in [6.07, 6.45) is 0.491. The zero-order valence-electron chi connectivity index (χ0n) is 19.8. The van der Waals surface area contributed by atoms with E-state index in [0.717, 1.165) is 5.56 Å². The van der Waals surface area contributed by atoms with Crippen molar-refractivity contribution in [3.63, 3.8) is 0 Å². The van der Waals surface area contributed by atoms with Crippen LogP contribution in [0.2, 0.25) is 0 Å². The smallest absolute Gasteiger partial charge is 0.251 e. The van der Waals surface area contributed by atoms with E-state index in [4.69, 9.17) is 4.52 Å². The van der Waals surface area contributed by atoms with Gasteiger partial charge >= 0.3 is 0 Å². The van der Waals surface area contributed by atoms with Crippen LogP contribution in [0.15, 0.2) is 33.7 Å². The quantitative estimate of drug-likeness (QED) is 0.684. The highest BCUT2D eigenvalue weighted by molar-refractivity contribution is 7.89. The molecule has 0 aliphatic carbocycles. The maximum atomic E-state index is 13.3. The Morgan fingerprint density at radius 2 is 1.70 bits per heavy atom. The van der Waals surface area contributed by atoms with Gasteiger partial charge in [-0.25, -0.2) is 8.42 Å². The van der Waals surface area contributed by atoms with Crippen molar-refractivity contribution in [1.82, 2.24) is 19.7 Å². The summed E-state index contributed by atoms with van der Waals surface area (Å²) < 4.78 is 32.7. The van der Waals surface area contributed by atoms with E-state index >= 15 is 0 Å². The largest absolute Gasteiger partial charge is 0.360 e. The molecule has 1 saturated heterocycles. The molecule has 1 N–H and O–H groups in total. The predicted octanol–water partition coefficient (Wildman–Crippen LogP) is 2.28. The minimum absolute atomic E-state index is 0.0905. The van der Waals surface area contributed by atoms with Crippen molar-refractivity contribution in [2.45, 2.75) is 52.0 Å². The fourth-order valence-corrected chi connectivity index (χ4v) is 5.73. The van der Waals surface area contributed by atoms with E-state index in [0.29, 0.717) is 24.2 Å². The minimum atomic E-state index is -3.78. The molecule has 2 aromatic rings. The van der Waals surface area contributed by atoms with E-state index in [1.54, 1.807) is 30.9 Å². The van der Waals surface area contributed by atoms with Crippen LogP contribution in [0.5, 0.6) is 0 Å². The maximum absolute atomic E-state index is 13.3. The third-order valence-electron chi connectivity index (χ3n) is 5.87. The van der Waals surface area contributed by atoms with Gasteiger partial charge in [-0.05, 0) is 45.2 Å². The molecule has 0 unspecified atom stereocenters. The predicted molar refractivity (Wildman–Crippen MR) is 123 cm³/mol. The van der Waals surface area contributed by atoms with E-state index in [9.17, 15) is 18.0 Å². The Morgan fingerprint density at radius 3 is 2.27 bits per heavy atom. The lowest BCUT2D eigenvalue weighted by Gasteiger charge is -2.29. The van der Waals surface area contributed by atoms with Gasteiger partial charge in [0.15, 0.2) is 5.76 Å². The van der Waals surface area contributed by atoms with Gasteiger partial charge in [0.2, 0.25) is 15.9 Å². The topological polar surface area (TPSA) is 113 Å². The van der Waals surface area contributed by atoms with Gasteiger partial charge < -0.3 is 14.7 Å². The summed E-state index contributed by atoms with van der Waals surface area (Å²) in [6, 6.07) is 6.46. The SMILES string of the molecule is Cc1ccc(C(=O)N[C@H](C(=O)N2CCCN(S(=O)(=O)c3c(C)noc3C)CC2)C(C)C)cc1. The molecule has 1 aliphatic rings. The van der Waals surface area contributed by atoms with Crippen molar-refractivity contribution < 1.29 is 22.5 Å². The van der Waals surface area contributed by atoms with Gasteiger partial charge in [-0.3, -0.25) is 9.59 Å². The van der Waals surface area contributed by atoms with Crippen LogP contribution in [0.4, 0.5) is 0 Å². The Balaban J connectivity index is 1.71. The Bertz CT molecular complexity index is 1090. The molecule has 1 fully saturated rings. The standard InChI is InChI=1S/C23H32N4O5S/c1-15(2)20(24-22(28)19-9-7-16(3)8-10-19)23(29)26-11-6-12-27(14-13-26)33(30,31)21-17(4)25-32-18(21)5/h7-10,15,20H,6,11-14H2,1-5H3,(H,24,28)/t20-/m0/s1. The van der Waals surface area contributed by atoms with Crippen LogP contribution in [0, 0.1) is 26.7 Å². The van der Waals surface area contributed by atoms with Crippen molar-refractivity contribution in [2.75, 3.05) is 26.2 Å². The molecular weight excluding hydrogens is 444 g/mol. The van der Waals surface area contributed by atoms with Crippen molar-refractivity contribution in [2.24, 2.45) is 5.92 Å². The van der Waals surface area contributed by atoms with Gasteiger partial charge in [0.25, 0.3) is 5.91 Å². The van der Waals surface area contributed by atoms with Crippen LogP contribution in [-0.2, 0) is 14.8 Å². The normalized spacial score (nSPS) is 16.5. The minimum Gasteiger partial charge on any atom is -0.360 e. The molecule has 2 amide bonds. The fourth-order valence-electron chi connectivity index (χ4n) is 3.97. The Labute approximate surface area is 195 Å². The number of carbonyl (C=O) groups excluding carboxylic acids is 2. The molecular formula is C23H32N4O5S. The molecule has 1 aliphatic heterocycles. The van der Waals surface area contributed by atoms with Crippen molar-refractivity contribution in [3.05, 3.63) is 46.8 Å². The van der Waals surface area contributed by atoms with Crippen molar-refractivity contribution in [3.8, 4) is 0 Å². The number of nitrogens with one attached hydrogen (secondary N) is 1. The first kappa shape index (κ1) is 24.9. The second kappa shape index (κ2) is 10.0.